The van der Waals surface area contributed by atoms with Crippen LogP contribution in [0.15, 0.2) is 60.7 Å². The highest BCUT2D eigenvalue weighted by molar-refractivity contribution is 5.88. The van der Waals surface area contributed by atoms with Gasteiger partial charge in [-0.25, -0.2) is 0 Å². The SMILES string of the molecule is CC(=O)N1CCC(C(=O)NCCCNc2ccccc2)(c2ccccc2)CC1. The van der Waals surface area contributed by atoms with E-state index in [0.29, 0.717) is 32.5 Å². The molecule has 3 rings (SSSR count). The zero-order valence-corrected chi connectivity index (χ0v) is 16.5. The van der Waals surface area contributed by atoms with Gasteiger partial charge in [0.05, 0.1) is 5.41 Å². The summed E-state index contributed by atoms with van der Waals surface area (Å²) in [6.07, 6.45) is 2.17. The summed E-state index contributed by atoms with van der Waals surface area (Å²) >= 11 is 0. The van der Waals surface area contributed by atoms with Gasteiger partial charge >= 0.3 is 0 Å². The Morgan fingerprint density at radius 1 is 0.929 bits per heavy atom. The first-order chi connectivity index (χ1) is 13.6. The summed E-state index contributed by atoms with van der Waals surface area (Å²) in [5.74, 6) is 0.149. The number of rotatable bonds is 7. The molecule has 2 N–H and O–H groups in total. The summed E-state index contributed by atoms with van der Waals surface area (Å²) in [6.45, 7) is 4.26. The molecule has 2 aromatic carbocycles. The fourth-order valence-corrected chi connectivity index (χ4v) is 3.86. The third-order valence-electron chi connectivity index (χ3n) is 5.57. The fourth-order valence-electron chi connectivity index (χ4n) is 3.86. The number of benzene rings is 2. The van der Waals surface area contributed by atoms with E-state index in [4.69, 9.17) is 0 Å². The van der Waals surface area contributed by atoms with Crippen molar-refractivity contribution in [3.8, 4) is 0 Å². The Kier molecular flexibility index (Phi) is 6.69. The zero-order chi connectivity index (χ0) is 19.8. The van der Waals surface area contributed by atoms with Crippen molar-refractivity contribution >= 4 is 17.5 Å². The van der Waals surface area contributed by atoms with Gasteiger partial charge < -0.3 is 15.5 Å². The van der Waals surface area contributed by atoms with Crippen molar-refractivity contribution in [2.45, 2.75) is 31.6 Å². The van der Waals surface area contributed by atoms with Gasteiger partial charge in [-0.1, -0.05) is 48.5 Å². The molecule has 0 aliphatic carbocycles. The maximum Gasteiger partial charge on any atom is 0.230 e. The quantitative estimate of drug-likeness (QED) is 0.727. The molecule has 0 saturated carbocycles. The number of likely N-dealkylation sites (tertiary alicyclic amines) is 1. The summed E-state index contributed by atoms with van der Waals surface area (Å²) in [5, 5.41) is 6.50. The molecule has 1 aliphatic rings. The molecule has 2 aromatic rings. The topological polar surface area (TPSA) is 61.4 Å². The first-order valence-corrected chi connectivity index (χ1v) is 10.00. The molecule has 28 heavy (non-hydrogen) atoms. The number of anilines is 1. The van der Waals surface area contributed by atoms with Crippen LogP contribution in [0, 0.1) is 0 Å². The molecule has 2 amide bonds. The van der Waals surface area contributed by atoms with Crippen molar-refractivity contribution in [3.05, 3.63) is 66.2 Å². The zero-order valence-electron chi connectivity index (χ0n) is 16.5. The molecule has 0 spiro atoms. The average Bonchev–Trinajstić information content (AvgIpc) is 2.74. The molecule has 1 heterocycles. The van der Waals surface area contributed by atoms with Crippen LogP contribution in [0.4, 0.5) is 5.69 Å². The van der Waals surface area contributed by atoms with Gasteiger partial charge in [-0.2, -0.15) is 0 Å². The average molecular weight is 380 g/mol. The number of hydrogen-bond acceptors (Lipinski definition) is 3. The van der Waals surface area contributed by atoms with Crippen LogP contribution in [0.3, 0.4) is 0 Å². The third-order valence-corrected chi connectivity index (χ3v) is 5.57. The number of nitrogens with one attached hydrogen (secondary N) is 2. The highest BCUT2D eigenvalue weighted by Crippen LogP contribution is 2.36. The standard InChI is InChI=1S/C23H29N3O2/c1-19(27)26-17-13-23(14-18-26,20-9-4-2-5-10-20)22(28)25-16-8-15-24-21-11-6-3-7-12-21/h2-7,9-12,24H,8,13-18H2,1H3,(H,25,28). The lowest BCUT2D eigenvalue weighted by atomic mass is 9.72. The van der Waals surface area contributed by atoms with Crippen LogP contribution in [-0.2, 0) is 15.0 Å². The van der Waals surface area contributed by atoms with Crippen LogP contribution in [-0.4, -0.2) is 42.9 Å². The van der Waals surface area contributed by atoms with Crippen molar-refractivity contribution in [2.75, 3.05) is 31.5 Å². The summed E-state index contributed by atoms with van der Waals surface area (Å²) < 4.78 is 0. The molecule has 0 aromatic heterocycles. The van der Waals surface area contributed by atoms with E-state index in [1.165, 1.54) is 0 Å². The second kappa shape index (κ2) is 9.40. The fraction of sp³-hybridized carbons (Fsp3) is 0.391. The minimum absolute atomic E-state index is 0.0709. The van der Waals surface area contributed by atoms with E-state index in [1.807, 2.05) is 65.6 Å². The minimum atomic E-state index is -0.555. The number of carbonyl (C=O) groups excluding carboxylic acids is 2. The molecule has 0 unspecified atom stereocenters. The highest BCUT2D eigenvalue weighted by atomic mass is 16.2. The molecule has 0 radical (unpaired) electrons. The Labute approximate surface area is 167 Å². The van der Waals surface area contributed by atoms with Gasteiger partial charge in [0.1, 0.15) is 0 Å². The van der Waals surface area contributed by atoms with Crippen LogP contribution in [0.5, 0.6) is 0 Å². The lowest BCUT2D eigenvalue weighted by Gasteiger charge is -2.40. The van der Waals surface area contributed by atoms with Crippen LogP contribution in [0.25, 0.3) is 0 Å². The maximum atomic E-state index is 13.2. The molecule has 1 aliphatic heterocycles. The molecule has 0 atom stereocenters. The van der Waals surface area contributed by atoms with Gasteiger partial charge in [0.2, 0.25) is 11.8 Å². The number of amides is 2. The van der Waals surface area contributed by atoms with E-state index in [9.17, 15) is 9.59 Å². The molecule has 5 nitrogen and oxygen atoms in total. The second-order valence-electron chi connectivity index (χ2n) is 7.36. The van der Waals surface area contributed by atoms with Gasteiger partial charge in [0, 0.05) is 38.8 Å². The van der Waals surface area contributed by atoms with E-state index in [0.717, 1.165) is 24.2 Å². The monoisotopic (exact) mass is 379 g/mol. The predicted octanol–water partition coefficient (Wildman–Crippen LogP) is 3.19. The van der Waals surface area contributed by atoms with Crippen molar-refractivity contribution in [1.29, 1.82) is 0 Å². The molecule has 1 fully saturated rings. The van der Waals surface area contributed by atoms with Crippen molar-refractivity contribution < 1.29 is 9.59 Å². The van der Waals surface area contributed by atoms with Crippen LogP contribution in [0.1, 0.15) is 31.7 Å². The van der Waals surface area contributed by atoms with Crippen LogP contribution >= 0.6 is 0 Å². The van der Waals surface area contributed by atoms with E-state index in [1.54, 1.807) is 6.92 Å². The first kappa shape index (κ1) is 19.9. The number of carbonyl (C=O) groups is 2. The summed E-state index contributed by atoms with van der Waals surface area (Å²) in [7, 11) is 0. The van der Waals surface area contributed by atoms with E-state index in [2.05, 4.69) is 10.6 Å². The lowest BCUT2D eigenvalue weighted by molar-refractivity contribution is -0.135. The van der Waals surface area contributed by atoms with E-state index < -0.39 is 5.41 Å². The van der Waals surface area contributed by atoms with Crippen LogP contribution in [0.2, 0.25) is 0 Å². The molecular weight excluding hydrogens is 350 g/mol. The summed E-state index contributed by atoms with van der Waals surface area (Å²) in [4.78, 5) is 26.7. The number of hydrogen-bond donors (Lipinski definition) is 2. The van der Waals surface area contributed by atoms with Crippen LogP contribution < -0.4 is 10.6 Å². The number of nitrogens with zero attached hydrogens (tertiary/aromatic N) is 1. The Hall–Kier alpha value is -2.82. The van der Waals surface area contributed by atoms with Gasteiger partial charge in [-0.15, -0.1) is 0 Å². The minimum Gasteiger partial charge on any atom is -0.385 e. The van der Waals surface area contributed by atoms with Crippen molar-refractivity contribution in [1.82, 2.24) is 10.2 Å². The first-order valence-electron chi connectivity index (χ1n) is 10.00. The molecule has 0 bridgehead atoms. The Bertz CT molecular complexity index is 769. The van der Waals surface area contributed by atoms with Gasteiger partial charge in [0.25, 0.3) is 0 Å². The van der Waals surface area contributed by atoms with Gasteiger partial charge in [-0.3, -0.25) is 9.59 Å². The largest absolute Gasteiger partial charge is 0.385 e. The molecule has 148 valence electrons. The molecule has 5 heteroatoms. The number of piperidine rings is 1. The highest BCUT2D eigenvalue weighted by Gasteiger charge is 2.43. The second-order valence-corrected chi connectivity index (χ2v) is 7.36. The predicted molar refractivity (Wildman–Crippen MR) is 112 cm³/mol. The van der Waals surface area contributed by atoms with Gasteiger partial charge in [-0.05, 0) is 37.0 Å². The van der Waals surface area contributed by atoms with E-state index in [-0.39, 0.29) is 11.8 Å². The number of para-hydroxylation sites is 1. The Balaban J connectivity index is 1.58. The van der Waals surface area contributed by atoms with E-state index >= 15 is 0 Å². The smallest absolute Gasteiger partial charge is 0.230 e. The molecule has 1 saturated heterocycles. The normalized spacial score (nSPS) is 15.7. The van der Waals surface area contributed by atoms with Crippen molar-refractivity contribution in [3.63, 3.8) is 0 Å². The Morgan fingerprint density at radius 2 is 1.54 bits per heavy atom. The lowest BCUT2D eigenvalue weighted by Crippen LogP contribution is -2.52. The van der Waals surface area contributed by atoms with Crippen molar-refractivity contribution in [2.24, 2.45) is 0 Å². The third kappa shape index (κ3) is 4.71. The van der Waals surface area contributed by atoms with Gasteiger partial charge in [0.15, 0.2) is 0 Å². The maximum absolute atomic E-state index is 13.2. The summed E-state index contributed by atoms with van der Waals surface area (Å²) in [6, 6.07) is 20.0. The Morgan fingerprint density at radius 3 is 2.14 bits per heavy atom. The summed E-state index contributed by atoms with van der Waals surface area (Å²) in [5.41, 5.74) is 1.57. The molecular formula is C23H29N3O2.